The van der Waals surface area contributed by atoms with Gasteiger partial charge in [0.2, 0.25) is 5.69 Å². The van der Waals surface area contributed by atoms with E-state index in [4.69, 9.17) is 5.10 Å². The lowest BCUT2D eigenvalue weighted by Gasteiger charge is -2.34. The van der Waals surface area contributed by atoms with Crippen LogP contribution >= 0.6 is 0 Å². The summed E-state index contributed by atoms with van der Waals surface area (Å²) < 4.78 is 4.32. The van der Waals surface area contributed by atoms with Crippen LogP contribution in [0.1, 0.15) is 32.3 Å². The van der Waals surface area contributed by atoms with Crippen LogP contribution in [-0.2, 0) is 5.54 Å². The molecule has 0 radical (unpaired) electrons. The number of hydrogen-bond donors (Lipinski definition) is 0. The second kappa shape index (κ2) is 10.1. The number of allylic oxidation sites excluding steroid dienone is 1. The van der Waals surface area contributed by atoms with Gasteiger partial charge in [0.05, 0.1) is 17.4 Å². The lowest BCUT2D eigenvalue weighted by molar-refractivity contribution is -0.741. The van der Waals surface area contributed by atoms with E-state index in [1.807, 2.05) is 4.68 Å². The Balaban J connectivity index is 1.30. The molecule has 3 heterocycles. The fourth-order valence-electron chi connectivity index (χ4n) is 7.42. The first-order valence-electron chi connectivity index (χ1n) is 15.4. The van der Waals surface area contributed by atoms with Gasteiger partial charge in [-0.2, -0.15) is 4.57 Å². The fourth-order valence-corrected chi connectivity index (χ4v) is 7.42. The summed E-state index contributed by atoms with van der Waals surface area (Å²) in [5.41, 5.74) is 10.0. The van der Waals surface area contributed by atoms with Crippen LogP contribution in [0.15, 0.2) is 134 Å². The first-order chi connectivity index (χ1) is 21.6. The Morgan fingerprint density at radius 3 is 1.95 bits per heavy atom. The summed E-state index contributed by atoms with van der Waals surface area (Å²) in [4.78, 5) is 0. The van der Waals surface area contributed by atoms with Crippen molar-refractivity contribution in [1.82, 2.24) is 15.0 Å². The molecule has 7 aromatic rings. The quantitative estimate of drug-likeness (QED) is 0.153. The molecule has 5 aromatic carbocycles. The fraction of sp³-hybridized carbons (Fsp3) is 0.125. The minimum Gasteiger partial charge on any atom is -0.220 e. The third-order valence-electron chi connectivity index (χ3n) is 9.66. The Kier molecular flexibility index (Phi) is 6.05. The molecule has 8 rings (SSSR count). The van der Waals surface area contributed by atoms with Gasteiger partial charge in [0.1, 0.15) is 5.69 Å². The average molecular weight is 570 g/mol. The normalized spacial score (nSPS) is 13.6. The standard InChI is InChI=1S/C40H33N4/c1-4-40(5-2)27(3)30-23-22-29(25-35(30)37-21-13-14-24-43(37)40)44-26-36(41-42-44)39-33-19-11-9-17-31(33)38(28-15-7-6-8-16-28)32-18-10-12-20-34(32)39/h6-26H,3-5H2,1-2H3/q+1. The summed E-state index contributed by atoms with van der Waals surface area (Å²) in [6.45, 7) is 9.14. The monoisotopic (exact) mass is 569 g/mol. The maximum atomic E-state index is 4.78. The molecule has 0 spiro atoms. The molecule has 0 unspecified atom stereocenters. The number of nitrogens with zero attached hydrogens (tertiary/aromatic N) is 4. The summed E-state index contributed by atoms with van der Waals surface area (Å²) in [7, 11) is 0. The minimum atomic E-state index is -0.125. The predicted octanol–water partition coefficient (Wildman–Crippen LogP) is 9.40. The van der Waals surface area contributed by atoms with E-state index in [0.29, 0.717) is 0 Å². The Bertz CT molecular complexity index is 2160. The summed E-state index contributed by atoms with van der Waals surface area (Å²) in [6.07, 6.45) is 6.24. The highest BCUT2D eigenvalue weighted by molar-refractivity contribution is 6.20. The van der Waals surface area contributed by atoms with Crippen LogP contribution in [0, 0.1) is 0 Å². The van der Waals surface area contributed by atoms with E-state index in [1.165, 1.54) is 55.1 Å². The van der Waals surface area contributed by atoms with E-state index in [-0.39, 0.29) is 5.54 Å². The molecule has 0 saturated heterocycles. The Morgan fingerprint density at radius 1 is 0.682 bits per heavy atom. The SMILES string of the molecule is C=C1c2ccc(-n3cc(-c4c5ccccc5c(-c5ccccc5)c5ccccc45)nn3)cc2-c2cccc[n+]2C1(CC)CC. The molecule has 4 nitrogen and oxygen atoms in total. The highest BCUT2D eigenvalue weighted by Crippen LogP contribution is 2.45. The van der Waals surface area contributed by atoms with E-state index in [0.717, 1.165) is 29.8 Å². The van der Waals surface area contributed by atoms with Crippen molar-refractivity contribution in [3.63, 3.8) is 0 Å². The van der Waals surface area contributed by atoms with Gasteiger partial charge < -0.3 is 0 Å². The van der Waals surface area contributed by atoms with E-state index < -0.39 is 0 Å². The summed E-state index contributed by atoms with van der Waals surface area (Å²) in [5, 5.41) is 14.2. The van der Waals surface area contributed by atoms with Gasteiger partial charge in [-0.15, -0.1) is 5.10 Å². The molecule has 0 saturated carbocycles. The van der Waals surface area contributed by atoms with Crippen molar-refractivity contribution >= 4 is 27.1 Å². The van der Waals surface area contributed by atoms with Crippen molar-refractivity contribution in [2.75, 3.05) is 0 Å². The number of aromatic nitrogens is 4. The number of pyridine rings is 1. The second-order valence-electron chi connectivity index (χ2n) is 11.7. The largest absolute Gasteiger partial charge is 0.220 e. The molecule has 44 heavy (non-hydrogen) atoms. The van der Waals surface area contributed by atoms with Crippen LogP contribution in [0.2, 0.25) is 0 Å². The molecule has 0 bridgehead atoms. The van der Waals surface area contributed by atoms with Crippen LogP contribution in [0.25, 0.3) is 66.4 Å². The zero-order valence-corrected chi connectivity index (χ0v) is 25.0. The zero-order valence-electron chi connectivity index (χ0n) is 25.0. The van der Waals surface area contributed by atoms with Gasteiger partial charge in [0.15, 0.2) is 11.7 Å². The average Bonchev–Trinajstić information content (AvgIpc) is 3.58. The topological polar surface area (TPSA) is 34.6 Å². The van der Waals surface area contributed by atoms with Gasteiger partial charge >= 0.3 is 0 Å². The van der Waals surface area contributed by atoms with E-state index in [9.17, 15) is 0 Å². The maximum absolute atomic E-state index is 4.78. The molecule has 0 fully saturated rings. The molecular formula is C40H33N4+. The highest BCUT2D eigenvalue weighted by atomic mass is 15.4. The van der Waals surface area contributed by atoms with Crippen LogP contribution < -0.4 is 4.57 Å². The van der Waals surface area contributed by atoms with Crippen molar-refractivity contribution in [2.24, 2.45) is 0 Å². The van der Waals surface area contributed by atoms with E-state index in [1.54, 1.807) is 0 Å². The third-order valence-corrected chi connectivity index (χ3v) is 9.66. The molecule has 0 aliphatic carbocycles. The van der Waals surface area contributed by atoms with Crippen molar-refractivity contribution in [3.8, 4) is 39.3 Å². The molecule has 0 amide bonds. The van der Waals surface area contributed by atoms with Crippen molar-refractivity contribution in [1.29, 1.82) is 0 Å². The molecule has 0 atom stereocenters. The molecule has 1 aliphatic rings. The van der Waals surface area contributed by atoms with Crippen molar-refractivity contribution in [2.45, 2.75) is 32.2 Å². The molecule has 212 valence electrons. The van der Waals surface area contributed by atoms with Gasteiger partial charge in [0, 0.05) is 36.1 Å². The maximum Gasteiger partial charge on any atom is 0.213 e. The molecular weight excluding hydrogens is 536 g/mol. The van der Waals surface area contributed by atoms with Gasteiger partial charge in [-0.25, -0.2) is 4.68 Å². The van der Waals surface area contributed by atoms with Gasteiger partial charge in [-0.3, -0.25) is 0 Å². The summed E-state index contributed by atoms with van der Waals surface area (Å²) in [5.74, 6) is 0. The van der Waals surface area contributed by atoms with E-state index in [2.05, 4.69) is 158 Å². The number of benzene rings is 5. The second-order valence-corrected chi connectivity index (χ2v) is 11.7. The Hall–Kier alpha value is -5.35. The van der Waals surface area contributed by atoms with Crippen molar-refractivity contribution in [3.05, 3.63) is 140 Å². The third kappa shape index (κ3) is 3.74. The number of fused-ring (bicyclic) bond motifs is 5. The molecule has 2 aromatic heterocycles. The Labute approximate surface area is 257 Å². The molecule has 0 N–H and O–H groups in total. The lowest BCUT2D eigenvalue weighted by atomic mass is 9.75. The lowest BCUT2D eigenvalue weighted by Crippen LogP contribution is -2.59. The summed E-state index contributed by atoms with van der Waals surface area (Å²) >= 11 is 0. The van der Waals surface area contributed by atoms with Crippen LogP contribution in [0.4, 0.5) is 0 Å². The summed E-state index contributed by atoms with van der Waals surface area (Å²) in [6, 6.07) is 41.0. The van der Waals surface area contributed by atoms with Crippen LogP contribution in [-0.4, -0.2) is 15.0 Å². The Morgan fingerprint density at radius 2 is 1.30 bits per heavy atom. The van der Waals surface area contributed by atoms with E-state index >= 15 is 0 Å². The first kappa shape index (κ1) is 26.3. The molecule has 4 heteroatoms. The minimum absolute atomic E-state index is 0.125. The zero-order chi connectivity index (χ0) is 29.8. The van der Waals surface area contributed by atoms with Crippen LogP contribution in [0.3, 0.4) is 0 Å². The number of rotatable bonds is 5. The van der Waals surface area contributed by atoms with Crippen molar-refractivity contribution < 1.29 is 4.57 Å². The van der Waals surface area contributed by atoms with Gasteiger partial charge in [0.25, 0.3) is 0 Å². The van der Waals surface area contributed by atoms with Gasteiger partial charge in [-0.05, 0) is 56.4 Å². The van der Waals surface area contributed by atoms with Crippen LogP contribution in [0.5, 0.6) is 0 Å². The highest BCUT2D eigenvalue weighted by Gasteiger charge is 2.46. The number of hydrogen-bond acceptors (Lipinski definition) is 2. The predicted molar refractivity (Wildman–Crippen MR) is 180 cm³/mol. The molecule has 1 aliphatic heterocycles. The smallest absolute Gasteiger partial charge is 0.213 e. The first-order valence-corrected chi connectivity index (χ1v) is 15.4. The van der Waals surface area contributed by atoms with Gasteiger partial charge in [-0.1, -0.05) is 111 Å².